The summed E-state index contributed by atoms with van der Waals surface area (Å²) in [5, 5.41) is 40.4. The van der Waals surface area contributed by atoms with Gasteiger partial charge in [-0.3, -0.25) is 4.57 Å². The summed E-state index contributed by atoms with van der Waals surface area (Å²) in [6.45, 7) is -0.332. The molecule has 0 amide bonds. The van der Waals surface area contributed by atoms with Crippen molar-refractivity contribution >= 4 is 36.0 Å². The number of aromatic amines is 1. The Morgan fingerprint density at radius 2 is 2.11 bits per heavy atom. The highest BCUT2D eigenvalue weighted by Crippen LogP contribution is 2.53. The second kappa shape index (κ2) is 10.7. The molecule has 0 radical (unpaired) electrons. The van der Waals surface area contributed by atoms with Crippen LogP contribution in [0.1, 0.15) is 24.9 Å². The summed E-state index contributed by atoms with van der Waals surface area (Å²) in [4.78, 5) is 28.7. The van der Waals surface area contributed by atoms with E-state index in [4.69, 9.17) is 25.8 Å². The SMILES string of the molecule is COC[C@](Cc1nn[nH]n1)(OC[C@@H]1O[C@H](n2ncc3c(NCC4CC4)nc(Cl)nc32)[C@@H](O)[C@H]1O)P(=O)(O)O. The minimum atomic E-state index is -5.00. The number of fused-ring (bicyclic) bond motifs is 1. The molecule has 5 atom stereocenters. The normalized spacial score (nSPS) is 25.6. The number of tetrazole rings is 1. The largest absolute Gasteiger partial charge is 0.387 e. The van der Waals surface area contributed by atoms with Crippen molar-refractivity contribution in [2.75, 3.05) is 32.2 Å². The Labute approximate surface area is 220 Å². The summed E-state index contributed by atoms with van der Waals surface area (Å²) in [5.74, 6) is 1.03. The van der Waals surface area contributed by atoms with Gasteiger partial charge in [-0.25, -0.2) is 4.68 Å². The monoisotopic (exact) mass is 575 g/mol. The number of nitrogens with one attached hydrogen (secondary N) is 2. The molecule has 1 aliphatic heterocycles. The Morgan fingerprint density at radius 3 is 2.76 bits per heavy atom. The van der Waals surface area contributed by atoms with Crippen molar-refractivity contribution in [2.24, 2.45) is 5.92 Å². The Hall–Kier alpha value is -2.34. The van der Waals surface area contributed by atoms with Crippen LogP contribution in [-0.4, -0.2) is 111 Å². The van der Waals surface area contributed by atoms with Crippen LogP contribution in [0.3, 0.4) is 0 Å². The lowest BCUT2D eigenvalue weighted by Crippen LogP contribution is -2.44. The van der Waals surface area contributed by atoms with E-state index in [1.807, 2.05) is 0 Å². The van der Waals surface area contributed by atoms with Gasteiger partial charge in [0.15, 0.2) is 23.0 Å². The highest BCUT2D eigenvalue weighted by molar-refractivity contribution is 7.53. The molecule has 2 fully saturated rings. The molecule has 5 rings (SSSR count). The zero-order chi connectivity index (χ0) is 27.1. The molecule has 1 aliphatic carbocycles. The lowest BCUT2D eigenvalue weighted by molar-refractivity contribution is -0.113. The molecule has 0 bridgehead atoms. The van der Waals surface area contributed by atoms with Gasteiger partial charge in [0, 0.05) is 13.7 Å². The van der Waals surface area contributed by atoms with Gasteiger partial charge in [0.25, 0.3) is 0 Å². The number of H-pyrrole nitrogens is 1. The third-order valence-corrected chi connectivity index (χ3v) is 8.15. The lowest BCUT2D eigenvalue weighted by Gasteiger charge is -2.33. The first kappa shape index (κ1) is 27.2. The molecule has 4 heterocycles. The molecule has 2 aliphatic rings. The quantitative estimate of drug-likeness (QED) is 0.115. The van der Waals surface area contributed by atoms with Crippen LogP contribution in [0.2, 0.25) is 5.28 Å². The van der Waals surface area contributed by atoms with Crippen LogP contribution >= 0.6 is 19.2 Å². The number of anilines is 1. The molecular formula is C19H27ClN9O8P. The van der Waals surface area contributed by atoms with Gasteiger partial charge in [0.2, 0.25) is 5.28 Å². The standard InChI is InChI=1S/C19H27ClN9O8P/c1-35-8-19(38(32,33)34,4-12-25-27-28-26-12)36-7-11-13(30)14(31)17(37-11)29-16-10(6-22-29)15(23-18(20)24-16)21-5-9-2-3-9/h6,9,11,13-14,17,30-31H,2-5,7-8H2,1H3,(H,21,23,24)(H2,32,33,34)(H,25,26,27,28)/t11-,13-,14-,17-,19+/m0/s1. The third-order valence-electron chi connectivity index (χ3n) is 6.50. The van der Waals surface area contributed by atoms with Crippen LogP contribution in [0, 0.1) is 5.92 Å². The van der Waals surface area contributed by atoms with Gasteiger partial charge in [-0.1, -0.05) is 5.21 Å². The second-order valence-corrected chi connectivity index (χ2v) is 11.5. The number of aromatic nitrogens is 8. The summed E-state index contributed by atoms with van der Waals surface area (Å²) < 4.78 is 30.3. The predicted molar refractivity (Wildman–Crippen MR) is 128 cm³/mol. The van der Waals surface area contributed by atoms with Crippen LogP contribution in [0.25, 0.3) is 11.0 Å². The number of aliphatic hydroxyl groups excluding tert-OH is 2. The number of nitrogens with zero attached hydrogens (tertiary/aromatic N) is 7. The number of methoxy groups -OCH3 is 1. The molecule has 19 heteroatoms. The average Bonchev–Trinajstić information content (AvgIpc) is 3.24. The van der Waals surface area contributed by atoms with Gasteiger partial charge in [0.1, 0.15) is 24.1 Å². The Balaban J connectivity index is 1.36. The first-order valence-corrected chi connectivity index (χ1v) is 13.7. The molecule has 6 N–H and O–H groups in total. The summed E-state index contributed by atoms with van der Waals surface area (Å²) in [5.41, 5.74) is 0.266. The first-order chi connectivity index (χ1) is 18.1. The fourth-order valence-corrected chi connectivity index (χ4v) is 5.29. The smallest absolute Gasteiger partial charge is 0.359 e. The molecule has 1 saturated heterocycles. The van der Waals surface area contributed by atoms with E-state index in [1.165, 1.54) is 18.0 Å². The van der Waals surface area contributed by atoms with Crippen LogP contribution in [0.15, 0.2) is 6.20 Å². The Morgan fingerprint density at radius 1 is 1.32 bits per heavy atom. The summed E-state index contributed by atoms with van der Waals surface area (Å²) >= 11 is 6.14. The molecule has 38 heavy (non-hydrogen) atoms. The third kappa shape index (κ3) is 5.38. The van der Waals surface area contributed by atoms with Crippen molar-refractivity contribution in [2.45, 2.75) is 49.1 Å². The molecular weight excluding hydrogens is 549 g/mol. The van der Waals surface area contributed by atoms with E-state index in [0.29, 0.717) is 17.1 Å². The molecule has 3 aromatic rings. The van der Waals surface area contributed by atoms with E-state index in [1.54, 1.807) is 0 Å². The van der Waals surface area contributed by atoms with Crippen LogP contribution < -0.4 is 5.32 Å². The molecule has 0 unspecified atom stereocenters. The zero-order valence-corrected chi connectivity index (χ0v) is 21.7. The fourth-order valence-electron chi connectivity index (χ4n) is 4.23. The van der Waals surface area contributed by atoms with Crippen LogP contribution in [0.4, 0.5) is 5.82 Å². The number of halogens is 1. The van der Waals surface area contributed by atoms with Gasteiger partial charge < -0.3 is 39.5 Å². The number of aliphatic hydroxyl groups is 2. The Bertz CT molecular complexity index is 1300. The average molecular weight is 576 g/mol. The highest BCUT2D eigenvalue weighted by atomic mass is 35.5. The van der Waals surface area contributed by atoms with Gasteiger partial charge in [-0.05, 0) is 30.4 Å². The second-order valence-electron chi connectivity index (χ2n) is 9.28. The minimum Gasteiger partial charge on any atom is -0.387 e. The molecule has 0 aromatic carbocycles. The number of rotatable bonds is 12. The van der Waals surface area contributed by atoms with Crippen LogP contribution in [0.5, 0.6) is 0 Å². The van der Waals surface area contributed by atoms with Crippen molar-refractivity contribution in [3.05, 3.63) is 17.3 Å². The van der Waals surface area contributed by atoms with E-state index in [-0.39, 0.29) is 16.8 Å². The zero-order valence-electron chi connectivity index (χ0n) is 20.1. The molecule has 208 valence electrons. The number of hydrogen-bond donors (Lipinski definition) is 6. The van der Waals surface area contributed by atoms with E-state index in [9.17, 15) is 24.6 Å². The molecule has 0 spiro atoms. The van der Waals surface area contributed by atoms with Gasteiger partial charge in [-0.15, -0.1) is 10.2 Å². The molecule has 3 aromatic heterocycles. The van der Waals surface area contributed by atoms with Crippen molar-refractivity contribution in [3.8, 4) is 0 Å². The molecule has 17 nitrogen and oxygen atoms in total. The topological polar surface area (TPSA) is 236 Å². The van der Waals surface area contributed by atoms with Gasteiger partial charge >= 0.3 is 7.60 Å². The lowest BCUT2D eigenvalue weighted by atomic mass is 10.1. The molecule has 1 saturated carbocycles. The predicted octanol–water partition coefficient (Wildman–Crippen LogP) is -0.786. The van der Waals surface area contributed by atoms with E-state index < -0.39 is 57.1 Å². The summed E-state index contributed by atoms with van der Waals surface area (Å²) in [7, 11) is -3.75. The Kier molecular flexibility index (Phi) is 7.65. The van der Waals surface area contributed by atoms with Crippen molar-refractivity contribution in [1.29, 1.82) is 0 Å². The minimum absolute atomic E-state index is 0.0261. The van der Waals surface area contributed by atoms with E-state index in [0.717, 1.165) is 19.4 Å². The number of hydrogen-bond acceptors (Lipinski definition) is 13. The highest BCUT2D eigenvalue weighted by Gasteiger charge is 2.52. The van der Waals surface area contributed by atoms with Gasteiger partial charge in [-0.2, -0.15) is 20.3 Å². The summed E-state index contributed by atoms with van der Waals surface area (Å²) in [6, 6.07) is 0. The van der Waals surface area contributed by atoms with Gasteiger partial charge in [0.05, 0.1) is 31.2 Å². The summed E-state index contributed by atoms with van der Waals surface area (Å²) in [6.07, 6.45) is -2.06. The number of ether oxygens (including phenoxy) is 3. The van der Waals surface area contributed by atoms with Crippen LogP contribution in [-0.2, 0) is 25.2 Å². The van der Waals surface area contributed by atoms with Crippen molar-refractivity contribution in [3.63, 3.8) is 0 Å². The van der Waals surface area contributed by atoms with E-state index >= 15 is 0 Å². The van der Waals surface area contributed by atoms with Crippen molar-refractivity contribution < 1.29 is 38.8 Å². The van der Waals surface area contributed by atoms with E-state index in [2.05, 4.69) is 41.0 Å². The maximum Gasteiger partial charge on any atom is 0.359 e. The van der Waals surface area contributed by atoms with Crippen molar-refractivity contribution in [1.82, 2.24) is 40.4 Å². The first-order valence-electron chi connectivity index (χ1n) is 11.7. The maximum atomic E-state index is 12.5. The maximum absolute atomic E-state index is 12.5. The fraction of sp³-hybridized carbons (Fsp3) is 0.684.